The molecule has 2 heterocycles. The van der Waals surface area contributed by atoms with E-state index in [1.54, 1.807) is 0 Å². The van der Waals surface area contributed by atoms with Crippen LogP contribution < -0.4 is 4.90 Å². The van der Waals surface area contributed by atoms with Crippen LogP contribution in [0.15, 0.2) is 18.3 Å². The lowest BCUT2D eigenvalue weighted by atomic mass is 10.0. The first-order valence-electron chi connectivity index (χ1n) is 7.13. The van der Waals surface area contributed by atoms with Crippen LogP contribution >= 0.6 is 0 Å². The summed E-state index contributed by atoms with van der Waals surface area (Å²) in [7, 11) is 0. The molecule has 3 nitrogen and oxygen atoms in total. The molecule has 0 aromatic carbocycles. The molecule has 0 spiro atoms. The summed E-state index contributed by atoms with van der Waals surface area (Å²) >= 11 is 0. The van der Waals surface area contributed by atoms with E-state index in [-0.39, 0.29) is 0 Å². The zero-order chi connectivity index (χ0) is 13.0. The van der Waals surface area contributed by atoms with Crippen molar-refractivity contribution in [2.45, 2.75) is 45.6 Å². The monoisotopic (exact) mass is 248 g/mol. The molecule has 1 saturated heterocycles. The van der Waals surface area contributed by atoms with E-state index in [2.05, 4.69) is 22.9 Å². The van der Waals surface area contributed by atoms with Crippen LogP contribution in [-0.4, -0.2) is 23.2 Å². The minimum absolute atomic E-state index is 0.425. The van der Waals surface area contributed by atoms with Crippen LogP contribution in [0.2, 0.25) is 0 Å². The van der Waals surface area contributed by atoms with Crippen LogP contribution in [0.4, 0.5) is 5.69 Å². The molecule has 0 radical (unpaired) electrons. The highest BCUT2D eigenvalue weighted by molar-refractivity contribution is 5.45. The zero-order valence-electron chi connectivity index (χ0n) is 11.5. The van der Waals surface area contributed by atoms with Crippen molar-refractivity contribution >= 4 is 5.69 Å². The highest BCUT2D eigenvalue weighted by Crippen LogP contribution is 2.26. The summed E-state index contributed by atoms with van der Waals surface area (Å²) in [5, 5.41) is 9.72. The molecule has 2 atom stereocenters. The lowest BCUT2D eigenvalue weighted by Crippen LogP contribution is -2.19. The van der Waals surface area contributed by atoms with Gasteiger partial charge in [0.1, 0.15) is 0 Å². The topological polar surface area (TPSA) is 36.4 Å². The molecule has 1 N–H and O–H groups in total. The van der Waals surface area contributed by atoms with Gasteiger partial charge in [-0.1, -0.05) is 20.3 Å². The zero-order valence-corrected chi connectivity index (χ0v) is 11.5. The molecule has 3 heteroatoms. The SMILES string of the molecule is CCCC1CCN(c2ccc([C@H](O)CC)nc2)C1. The minimum atomic E-state index is -0.425. The molecular formula is C15H24N2O. The Balaban J connectivity index is 1.98. The normalized spacial score (nSPS) is 21.3. The Morgan fingerprint density at radius 3 is 2.89 bits per heavy atom. The fraction of sp³-hybridized carbons (Fsp3) is 0.667. The fourth-order valence-corrected chi connectivity index (χ4v) is 2.70. The predicted molar refractivity (Wildman–Crippen MR) is 74.7 cm³/mol. The molecule has 1 fully saturated rings. The van der Waals surface area contributed by atoms with Gasteiger partial charge >= 0.3 is 0 Å². The van der Waals surface area contributed by atoms with Crippen molar-refractivity contribution in [2.24, 2.45) is 5.92 Å². The number of aliphatic hydroxyl groups excluding tert-OH is 1. The number of anilines is 1. The summed E-state index contributed by atoms with van der Waals surface area (Å²) in [6.45, 7) is 6.52. The molecule has 1 aliphatic heterocycles. The molecular weight excluding hydrogens is 224 g/mol. The van der Waals surface area contributed by atoms with E-state index < -0.39 is 6.10 Å². The van der Waals surface area contributed by atoms with Crippen LogP contribution in [0.1, 0.15) is 51.3 Å². The van der Waals surface area contributed by atoms with Crippen molar-refractivity contribution in [3.05, 3.63) is 24.0 Å². The maximum Gasteiger partial charge on any atom is 0.0957 e. The second-order valence-corrected chi connectivity index (χ2v) is 5.25. The van der Waals surface area contributed by atoms with E-state index in [1.807, 2.05) is 19.2 Å². The fourth-order valence-electron chi connectivity index (χ4n) is 2.70. The van der Waals surface area contributed by atoms with E-state index in [1.165, 1.54) is 24.9 Å². The van der Waals surface area contributed by atoms with Gasteiger partial charge in [0, 0.05) is 13.1 Å². The first kappa shape index (κ1) is 13.3. The summed E-state index contributed by atoms with van der Waals surface area (Å²) in [6, 6.07) is 4.05. The number of aliphatic hydroxyl groups is 1. The first-order valence-corrected chi connectivity index (χ1v) is 7.13. The van der Waals surface area contributed by atoms with Gasteiger partial charge < -0.3 is 10.0 Å². The van der Waals surface area contributed by atoms with Crippen LogP contribution in [0.3, 0.4) is 0 Å². The molecule has 1 aliphatic rings. The van der Waals surface area contributed by atoms with Gasteiger partial charge in [0.2, 0.25) is 0 Å². The second-order valence-electron chi connectivity index (χ2n) is 5.25. The maximum absolute atomic E-state index is 9.72. The largest absolute Gasteiger partial charge is 0.387 e. The lowest BCUT2D eigenvalue weighted by Gasteiger charge is -2.19. The molecule has 2 rings (SSSR count). The molecule has 1 aromatic rings. The van der Waals surface area contributed by atoms with E-state index in [4.69, 9.17) is 0 Å². The van der Waals surface area contributed by atoms with Crippen LogP contribution in [-0.2, 0) is 0 Å². The van der Waals surface area contributed by atoms with Gasteiger partial charge in [0.25, 0.3) is 0 Å². The molecule has 0 saturated carbocycles. The van der Waals surface area contributed by atoms with E-state index in [9.17, 15) is 5.11 Å². The summed E-state index contributed by atoms with van der Waals surface area (Å²) < 4.78 is 0. The Labute approximate surface area is 110 Å². The van der Waals surface area contributed by atoms with Crippen LogP contribution in [0, 0.1) is 5.92 Å². The van der Waals surface area contributed by atoms with E-state index >= 15 is 0 Å². The standard InChI is InChI=1S/C15H24N2O/c1-3-5-12-8-9-17(11-12)13-6-7-14(16-10-13)15(18)4-2/h6-7,10,12,15,18H,3-5,8-9,11H2,1-2H3/t12?,15-/m1/s1. The minimum Gasteiger partial charge on any atom is -0.387 e. The lowest BCUT2D eigenvalue weighted by molar-refractivity contribution is 0.169. The van der Waals surface area contributed by atoms with Gasteiger partial charge in [-0.3, -0.25) is 4.98 Å². The van der Waals surface area contributed by atoms with E-state index in [0.29, 0.717) is 6.42 Å². The average Bonchev–Trinajstić information content (AvgIpc) is 2.87. The quantitative estimate of drug-likeness (QED) is 0.869. The van der Waals surface area contributed by atoms with Gasteiger partial charge in [-0.25, -0.2) is 0 Å². The van der Waals surface area contributed by atoms with Gasteiger partial charge in [-0.15, -0.1) is 0 Å². The number of hydrogen-bond donors (Lipinski definition) is 1. The smallest absolute Gasteiger partial charge is 0.0957 e. The summed E-state index contributed by atoms with van der Waals surface area (Å²) in [6.07, 6.45) is 6.10. The number of pyridine rings is 1. The third-order valence-corrected chi connectivity index (χ3v) is 3.85. The number of rotatable bonds is 5. The Kier molecular flexibility index (Phi) is 4.59. The van der Waals surface area contributed by atoms with Crippen molar-refractivity contribution in [2.75, 3.05) is 18.0 Å². The molecule has 1 unspecified atom stereocenters. The third-order valence-electron chi connectivity index (χ3n) is 3.85. The second kappa shape index (κ2) is 6.19. The van der Waals surface area contributed by atoms with Crippen LogP contribution in [0.25, 0.3) is 0 Å². The van der Waals surface area contributed by atoms with Crippen molar-refractivity contribution in [1.82, 2.24) is 4.98 Å². The Hall–Kier alpha value is -1.09. The molecule has 1 aromatic heterocycles. The maximum atomic E-state index is 9.72. The molecule has 0 bridgehead atoms. The van der Waals surface area contributed by atoms with Crippen molar-refractivity contribution in [3.8, 4) is 0 Å². The van der Waals surface area contributed by atoms with Gasteiger partial charge in [-0.05, 0) is 37.3 Å². The van der Waals surface area contributed by atoms with Crippen molar-refractivity contribution < 1.29 is 5.11 Å². The number of aromatic nitrogens is 1. The van der Waals surface area contributed by atoms with Gasteiger partial charge in [0.05, 0.1) is 23.7 Å². The number of hydrogen-bond acceptors (Lipinski definition) is 3. The Morgan fingerprint density at radius 2 is 2.28 bits per heavy atom. The Bertz CT molecular complexity index is 363. The third kappa shape index (κ3) is 3.02. The number of nitrogens with zero attached hydrogens (tertiary/aromatic N) is 2. The molecule has 18 heavy (non-hydrogen) atoms. The summed E-state index contributed by atoms with van der Waals surface area (Å²) in [4.78, 5) is 6.79. The summed E-state index contributed by atoms with van der Waals surface area (Å²) in [5.41, 5.74) is 1.98. The van der Waals surface area contributed by atoms with Gasteiger partial charge in [0.15, 0.2) is 0 Å². The van der Waals surface area contributed by atoms with E-state index in [0.717, 1.165) is 24.7 Å². The van der Waals surface area contributed by atoms with Gasteiger partial charge in [-0.2, -0.15) is 0 Å². The highest BCUT2D eigenvalue weighted by atomic mass is 16.3. The molecule has 0 amide bonds. The van der Waals surface area contributed by atoms with Crippen molar-refractivity contribution in [3.63, 3.8) is 0 Å². The Morgan fingerprint density at radius 1 is 1.44 bits per heavy atom. The molecule has 100 valence electrons. The highest BCUT2D eigenvalue weighted by Gasteiger charge is 2.22. The van der Waals surface area contributed by atoms with Crippen LogP contribution in [0.5, 0.6) is 0 Å². The first-order chi connectivity index (χ1) is 8.74. The predicted octanol–water partition coefficient (Wildman–Crippen LogP) is 3.15. The average molecular weight is 248 g/mol. The van der Waals surface area contributed by atoms with Crippen molar-refractivity contribution in [1.29, 1.82) is 0 Å². The molecule has 0 aliphatic carbocycles. The summed E-state index contributed by atoms with van der Waals surface area (Å²) in [5.74, 6) is 0.843.